The Hall–Kier alpha value is -1.31. The molecule has 68 valence electrons. The van der Waals surface area contributed by atoms with E-state index in [4.69, 9.17) is 5.11 Å². The largest absolute Gasteiger partial charge is 0.478 e. The summed E-state index contributed by atoms with van der Waals surface area (Å²) in [5.74, 6) is -0.195. The van der Waals surface area contributed by atoms with Gasteiger partial charge in [-0.05, 0) is 42.9 Å². The van der Waals surface area contributed by atoms with Crippen LogP contribution in [0.25, 0.3) is 0 Å². The zero-order chi connectivity index (χ0) is 9.42. The van der Waals surface area contributed by atoms with Crippen LogP contribution in [0.4, 0.5) is 0 Å². The molecule has 13 heavy (non-hydrogen) atoms. The minimum Gasteiger partial charge on any atom is -0.478 e. The van der Waals surface area contributed by atoms with Gasteiger partial charge in [-0.2, -0.15) is 0 Å². The Balaban J connectivity index is 2.47. The second kappa shape index (κ2) is 2.87. The lowest BCUT2D eigenvalue weighted by Crippen LogP contribution is -2.01. The van der Waals surface area contributed by atoms with Crippen molar-refractivity contribution >= 4 is 5.97 Å². The zero-order valence-electron chi connectivity index (χ0n) is 7.58. The predicted octanol–water partition coefficient (Wildman–Crippen LogP) is 2.57. The van der Waals surface area contributed by atoms with Crippen LogP contribution in [0.15, 0.2) is 18.2 Å². The third-order valence-electron chi connectivity index (χ3n) is 2.62. The van der Waals surface area contributed by atoms with Gasteiger partial charge in [0.2, 0.25) is 0 Å². The van der Waals surface area contributed by atoms with E-state index in [0.717, 1.165) is 5.56 Å². The topological polar surface area (TPSA) is 37.3 Å². The van der Waals surface area contributed by atoms with E-state index >= 15 is 0 Å². The lowest BCUT2D eigenvalue weighted by molar-refractivity contribution is 0.0696. The van der Waals surface area contributed by atoms with Crippen LogP contribution in [-0.2, 0) is 0 Å². The van der Waals surface area contributed by atoms with Crippen molar-refractivity contribution in [3.05, 3.63) is 34.9 Å². The molecule has 0 amide bonds. The van der Waals surface area contributed by atoms with Gasteiger partial charge < -0.3 is 5.11 Å². The summed E-state index contributed by atoms with van der Waals surface area (Å²) in [4.78, 5) is 10.8. The number of carbonyl (C=O) groups is 1. The molecule has 1 aliphatic carbocycles. The van der Waals surface area contributed by atoms with Crippen molar-refractivity contribution < 1.29 is 9.90 Å². The molecule has 0 aliphatic heterocycles. The predicted molar refractivity (Wildman–Crippen MR) is 50.1 cm³/mol. The van der Waals surface area contributed by atoms with Crippen molar-refractivity contribution in [2.45, 2.75) is 25.7 Å². The van der Waals surface area contributed by atoms with Crippen LogP contribution in [0.2, 0.25) is 0 Å². The second-order valence-electron chi connectivity index (χ2n) is 3.60. The van der Waals surface area contributed by atoms with Crippen LogP contribution in [0.1, 0.15) is 40.2 Å². The lowest BCUT2D eigenvalue weighted by Gasteiger charge is -2.06. The maximum atomic E-state index is 10.8. The Kier molecular flexibility index (Phi) is 1.83. The van der Waals surface area contributed by atoms with Crippen LogP contribution in [0.3, 0.4) is 0 Å². The number of rotatable bonds is 2. The normalized spacial score (nSPS) is 15.8. The van der Waals surface area contributed by atoms with E-state index in [2.05, 4.69) is 0 Å². The number of hydrogen-bond acceptors (Lipinski definition) is 1. The summed E-state index contributed by atoms with van der Waals surface area (Å²) in [7, 11) is 0. The number of aromatic carboxylic acids is 1. The van der Waals surface area contributed by atoms with E-state index in [1.165, 1.54) is 18.4 Å². The monoisotopic (exact) mass is 176 g/mol. The fourth-order valence-corrected chi connectivity index (χ4v) is 1.72. The Bertz CT molecular complexity index is 351. The highest BCUT2D eigenvalue weighted by molar-refractivity contribution is 5.89. The fourth-order valence-electron chi connectivity index (χ4n) is 1.72. The van der Waals surface area contributed by atoms with Gasteiger partial charge in [0, 0.05) is 0 Å². The van der Waals surface area contributed by atoms with E-state index in [0.29, 0.717) is 11.5 Å². The molecule has 1 N–H and O–H groups in total. The van der Waals surface area contributed by atoms with E-state index in [1.54, 1.807) is 6.07 Å². The van der Waals surface area contributed by atoms with Crippen LogP contribution >= 0.6 is 0 Å². The quantitative estimate of drug-likeness (QED) is 0.751. The first-order chi connectivity index (χ1) is 6.20. The van der Waals surface area contributed by atoms with Crippen molar-refractivity contribution in [3.63, 3.8) is 0 Å². The van der Waals surface area contributed by atoms with Crippen molar-refractivity contribution in [2.75, 3.05) is 0 Å². The average Bonchev–Trinajstić information content (AvgIpc) is 2.87. The highest BCUT2D eigenvalue weighted by Gasteiger charge is 2.26. The van der Waals surface area contributed by atoms with Gasteiger partial charge in [0.05, 0.1) is 5.56 Å². The molecular weight excluding hydrogens is 164 g/mol. The summed E-state index contributed by atoms with van der Waals surface area (Å²) in [6.07, 6.45) is 2.42. The molecule has 0 heterocycles. The first-order valence-corrected chi connectivity index (χ1v) is 4.53. The molecule has 2 heteroatoms. The van der Waals surface area contributed by atoms with Gasteiger partial charge in [-0.25, -0.2) is 4.79 Å². The summed E-state index contributed by atoms with van der Waals surface area (Å²) in [5.41, 5.74) is 2.61. The molecule has 2 nitrogen and oxygen atoms in total. The Morgan fingerprint density at radius 3 is 2.69 bits per heavy atom. The minimum absolute atomic E-state index is 0.449. The third-order valence-corrected chi connectivity index (χ3v) is 2.62. The van der Waals surface area contributed by atoms with Gasteiger partial charge in [0.15, 0.2) is 0 Å². The molecule has 0 bridgehead atoms. The van der Waals surface area contributed by atoms with Crippen molar-refractivity contribution in [2.24, 2.45) is 0 Å². The Morgan fingerprint density at radius 2 is 2.15 bits per heavy atom. The van der Waals surface area contributed by atoms with Crippen LogP contribution < -0.4 is 0 Å². The van der Waals surface area contributed by atoms with E-state index in [1.807, 2.05) is 19.1 Å². The summed E-state index contributed by atoms with van der Waals surface area (Å²) < 4.78 is 0. The molecule has 2 rings (SSSR count). The maximum Gasteiger partial charge on any atom is 0.335 e. The first kappa shape index (κ1) is 8.30. The van der Waals surface area contributed by atoms with E-state index < -0.39 is 5.97 Å². The van der Waals surface area contributed by atoms with Gasteiger partial charge in [-0.3, -0.25) is 0 Å². The summed E-state index contributed by atoms with van der Waals surface area (Å²) in [5, 5.41) is 8.89. The summed E-state index contributed by atoms with van der Waals surface area (Å²) in [6.45, 7) is 1.90. The molecule has 0 spiro atoms. The Morgan fingerprint density at radius 1 is 1.46 bits per heavy atom. The SMILES string of the molecule is Cc1c(C(=O)O)cccc1C1CC1. The third kappa shape index (κ3) is 1.44. The van der Waals surface area contributed by atoms with Crippen LogP contribution in [-0.4, -0.2) is 11.1 Å². The summed E-state index contributed by atoms with van der Waals surface area (Å²) in [6, 6.07) is 5.55. The summed E-state index contributed by atoms with van der Waals surface area (Å²) >= 11 is 0. The molecule has 1 aromatic rings. The maximum absolute atomic E-state index is 10.8. The van der Waals surface area contributed by atoms with Crippen LogP contribution in [0, 0.1) is 6.92 Å². The zero-order valence-corrected chi connectivity index (χ0v) is 7.58. The Labute approximate surface area is 77.2 Å². The highest BCUT2D eigenvalue weighted by atomic mass is 16.4. The fraction of sp³-hybridized carbons (Fsp3) is 0.364. The van der Waals surface area contributed by atoms with Gasteiger partial charge in [0.25, 0.3) is 0 Å². The van der Waals surface area contributed by atoms with Gasteiger partial charge in [-0.1, -0.05) is 12.1 Å². The molecule has 1 fully saturated rings. The van der Waals surface area contributed by atoms with Crippen molar-refractivity contribution in [1.29, 1.82) is 0 Å². The molecule has 1 aromatic carbocycles. The van der Waals surface area contributed by atoms with E-state index in [-0.39, 0.29) is 0 Å². The van der Waals surface area contributed by atoms with Gasteiger partial charge in [0.1, 0.15) is 0 Å². The molecular formula is C11H12O2. The highest BCUT2D eigenvalue weighted by Crippen LogP contribution is 2.41. The molecule has 0 radical (unpaired) electrons. The molecule has 1 saturated carbocycles. The number of carboxylic acid groups (broad SMARTS) is 1. The van der Waals surface area contributed by atoms with Crippen LogP contribution in [0.5, 0.6) is 0 Å². The standard InChI is InChI=1S/C11H12O2/c1-7-9(8-5-6-8)3-2-4-10(7)11(12)13/h2-4,8H,5-6H2,1H3,(H,12,13). The smallest absolute Gasteiger partial charge is 0.335 e. The average molecular weight is 176 g/mol. The van der Waals surface area contributed by atoms with Gasteiger partial charge >= 0.3 is 5.97 Å². The minimum atomic E-state index is -0.819. The molecule has 0 atom stereocenters. The molecule has 0 unspecified atom stereocenters. The second-order valence-corrected chi connectivity index (χ2v) is 3.60. The van der Waals surface area contributed by atoms with Crippen molar-refractivity contribution in [1.82, 2.24) is 0 Å². The number of benzene rings is 1. The number of hydrogen-bond donors (Lipinski definition) is 1. The van der Waals surface area contributed by atoms with Gasteiger partial charge in [-0.15, -0.1) is 0 Å². The molecule has 0 aromatic heterocycles. The first-order valence-electron chi connectivity index (χ1n) is 4.53. The molecule has 1 aliphatic rings. The molecule has 0 saturated heterocycles. The lowest BCUT2D eigenvalue weighted by atomic mass is 9.99. The van der Waals surface area contributed by atoms with Crippen molar-refractivity contribution in [3.8, 4) is 0 Å². The number of carboxylic acids is 1. The van der Waals surface area contributed by atoms with E-state index in [9.17, 15) is 4.79 Å².